The van der Waals surface area contributed by atoms with Crippen molar-refractivity contribution in [2.24, 2.45) is 0 Å². The van der Waals surface area contributed by atoms with Crippen LogP contribution in [0.3, 0.4) is 0 Å². The molecule has 16 heavy (non-hydrogen) atoms. The Labute approximate surface area is 100 Å². The number of carbonyl (C=O) groups excluding carboxylic acids is 1. The SMILES string of the molecule is O=C1CC2CCCC(C1)N2Cc1ccsc1. The summed E-state index contributed by atoms with van der Waals surface area (Å²) >= 11 is 1.76. The van der Waals surface area contributed by atoms with E-state index >= 15 is 0 Å². The molecule has 2 aliphatic heterocycles. The third kappa shape index (κ3) is 1.94. The molecule has 3 heteroatoms. The number of Topliss-reactive ketones (excluding diaryl/α,β-unsaturated/α-hetero) is 1. The van der Waals surface area contributed by atoms with Crippen LogP contribution in [0.2, 0.25) is 0 Å². The zero-order valence-corrected chi connectivity index (χ0v) is 10.2. The number of ketones is 1. The molecule has 0 radical (unpaired) electrons. The number of carbonyl (C=O) groups is 1. The Morgan fingerprint density at radius 1 is 1.31 bits per heavy atom. The van der Waals surface area contributed by atoms with E-state index in [1.807, 2.05) is 0 Å². The molecule has 2 saturated heterocycles. The Morgan fingerprint density at radius 3 is 2.69 bits per heavy atom. The van der Waals surface area contributed by atoms with Crippen LogP contribution < -0.4 is 0 Å². The molecule has 1 aromatic rings. The summed E-state index contributed by atoms with van der Waals surface area (Å²) in [5.74, 6) is 0.483. The van der Waals surface area contributed by atoms with E-state index in [0.29, 0.717) is 17.9 Å². The predicted octanol–water partition coefficient (Wildman–Crippen LogP) is 2.83. The standard InChI is InChI=1S/C13H17NOS/c15-13-6-11-2-1-3-12(7-13)14(11)8-10-4-5-16-9-10/h4-5,9,11-12H,1-3,6-8H2. The van der Waals surface area contributed by atoms with Gasteiger partial charge in [0, 0.05) is 31.5 Å². The van der Waals surface area contributed by atoms with Gasteiger partial charge in [-0.2, -0.15) is 11.3 Å². The topological polar surface area (TPSA) is 20.3 Å². The van der Waals surface area contributed by atoms with Crippen molar-refractivity contribution in [2.45, 2.75) is 50.7 Å². The normalized spacial score (nSPS) is 30.6. The molecule has 0 aromatic carbocycles. The number of hydrogen-bond donors (Lipinski definition) is 0. The summed E-state index contributed by atoms with van der Waals surface area (Å²) in [7, 11) is 0. The first-order valence-electron chi connectivity index (χ1n) is 6.11. The fourth-order valence-electron chi connectivity index (χ4n) is 3.12. The van der Waals surface area contributed by atoms with Gasteiger partial charge in [-0.25, -0.2) is 0 Å². The average Bonchev–Trinajstić information content (AvgIpc) is 2.72. The molecule has 0 spiro atoms. The lowest BCUT2D eigenvalue weighted by atomic mass is 9.83. The maximum atomic E-state index is 11.6. The Hall–Kier alpha value is -0.670. The monoisotopic (exact) mass is 235 g/mol. The molecule has 2 nitrogen and oxygen atoms in total. The van der Waals surface area contributed by atoms with Gasteiger partial charge in [-0.05, 0) is 35.2 Å². The van der Waals surface area contributed by atoms with Gasteiger partial charge < -0.3 is 0 Å². The molecule has 3 heterocycles. The molecule has 2 bridgehead atoms. The van der Waals surface area contributed by atoms with Crippen LogP contribution in [0.4, 0.5) is 0 Å². The van der Waals surface area contributed by atoms with Crippen molar-refractivity contribution in [2.75, 3.05) is 0 Å². The highest BCUT2D eigenvalue weighted by Crippen LogP contribution is 2.33. The predicted molar refractivity (Wildman–Crippen MR) is 65.5 cm³/mol. The molecule has 0 N–H and O–H groups in total. The Bertz CT molecular complexity index is 357. The molecule has 2 atom stereocenters. The summed E-state index contributed by atoms with van der Waals surface area (Å²) in [5.41, 5.74) is 1.41. The van der Waals surface area contributed by atoms with Crippen molar-refractivity contribution in [3.8, 4) is 0 Å². The van der Waals surface area contributed by atoms with Crippen LogP contribution in [-0.2, 0) is 11.3 Å². The van der Waals surface area contributed by atoms with Gasteiger partial charge in [0.05, 0.1) is 0 Å². The van der Waals surface area contributed by atoms with Crippen LogP contribution in [0.15, 0.2) is 16.8 Å². The summed E-state index contributed by atoms with van der Waals surface area (Å²) in [4.78, 5) is 14.2. The average molecular weight is 235 g/mol. The second-order valence-corrected chi connectivity index (χ2v) is 5.77. The molecule has 2 unspecified atom stereocenters. The van der Waals surface area contributed by atoms with E-state index in [0.717, 1.165) is 19.4 Å². The quantitative estimate of drug-likeness (QED) is 0.785. The van der Waals surface area contributed by atoms with Crippen molar-refractivity contribution in [1.29, 1.82) is 0 Å². The van der Waals surface area contributed by atoms with Crippen molar-refractivity contribution in [3.05, 3.63) is 22.4 Å². The van der Waals surface area contributed by atoms with E-state index < -0.39 is 0 Å². The molecule has 1 aromatic heterocycles. The number of rotatable bonds is 2. The molecule has 86 valence electrons. The van der Waals surface area contributed by atoms with Crippen LogP contribution >= 0.6 is 11.3 Å². The summed E-state index contributed by atoms with van der Waals surface area (Å²) in [6.07, 6.45) is 5.32. The van der Waals surface area contributed by atoms with Crippen molar-refractivity contribution >= 4 is 17.1 Å². The van der Waals surface area contributed by atoms with Crippen LogP contribution in [0.25, 0.3) is 0 Å². The number of hydrogen-bond acceptors (Lipinski definition) is 3. The molecule has 0 saturated carbocycles. The van der Waals surface area contributed by atoms with Crippen LogP contribution in [0.1, 0.15) is 37.7 Å². The minimum absolute atomic E-state index is 0.483. The van der Waals surface area contributed by atoms with E-state index in [4.69, 9.17) is 0 Å². The molecular formula is C13H17NOS. The molecule has 0 aliphatic carbocycles. The van der Waals surface area contributed by atoms with Crippen LogP contribution in [0, 0.1) is 0 Å². The van der Waals surface area contributed by atoms with Crippen molar-refractivity contribution in [1.82, 2.24) is 4.90 Å². The zero-order valence-electron chi connectivity index (χ0n) is 9.39. The lowest BCUT2D eigenvalue weighted by Gasteiger charge is -2.45. The van der Waals surface area contributed by atoms with Gasteiger partial charge in [-0.1, -0.05) is 6.42 Å². The highest BCUT2D eigenvalue weighted by molar-refractivity contribution is 7.07. The smallest absolute Gasteiger partial charge is 0.136 e. The van der Waals surface area contributed by atoms with Crippen molar-refractivity contribution in [3.63, 3.8) is 0 Å². The van der Waals surface area contributed by atoms with Gasteiger partial charge in [0.25, 0.3) is 0 Å². The van der Waals surface area contributed by atoms with Crippen molar-refractivity contribution < 1.29 is 4.79 Å². The molecule has 3 rings (SSSR count). The second-order valence-electron chi connectivity index (χ2n) is 4.99. The summed E-state index contributed by atoms with van der Waals surface area (Å²) < 4.78 is 0. The van der Waals surface area contributed by atoms with Crippen LogP contribution in [-0.4, -0.2) is 22.8 Å². The Kier molecular flexibility index (Phi) is 2.82. The van der Waals surface area contributed by atoms with E-state index in [1.54, 1.807) is 11.3 Å². The van der Waals surface area contributed by atoms with E-state index in [2.05, 4.69) is 21.7 Å². The largest absolute Gasteiger partial charge is 0.300 e. The number of thiophene rings is 1. The highest BCUT2D eigenvalue weighted by Gasteiger charge is 2.37. The van der Waals surface area contributed by atoms with Gasteiger partial charge in [0.15, 0.2) is 0 Å². The van der Waals surface area contributed by atoms with Gasteiger partial charge >= 0.3 is 0 Å². The fourth-order valence-corrected chi connectivity index (χ4v) is 3.78. The summed E-state index contributed by atoms with van der Waals surface area (Å²) in [5, 5.41) is 4.37. The first kappa shape index (κ1) is 10.5. The minimum Gasteiger partial charge on any atom is -0.300 e. The van der Waals surface area contributed by atoms with E-state index in [1.165, 1.54) is 24.8 Å². The summed E-state index contributed by atoms with van der Waals surface area (Å²) in [6.45, 7) is 1.05. The van der Waals surface area contributed by atoms with Gasteiger partial charge in [-0.3, -0.25) is 9.69 Å². The second kappa shape index (κ2) is 4.30. The van der Waals surface area contributed by atoms with E-state index in [-0.39, 0.29) is 0 Å². The third-order valence-corrected chi connectivity index (χ3v) is 4.62. The highest BCUT2D eigenvalue weighted by atomic mass is 32.1. The molecule has 2 aliphatic rings. The maximum Gasteiger partial charge on any atom is 0.136 e. The zero-order chi connectivity index (χ0) is 11.0. The summed E-state index contributed by atoms with van der Waals surface area (Å²) in [6, 6.07) is 3.26. The Morgan fingerprint density at radius 2 is 2.06 bits per heavy atom. The lowest BCUT2D eigenvalue weighted by Crippen LogP contribution is -2.51. The minimum atomic E-state index is 0.483. The molecular weight excluding hydrogens is 218 g/mol. The number of piperidine rings is 2. The van der Waals surface area contributed by atoms with Gasteiger partial charge in [-0.15, -0.1) is 0 Å². The Balaban J connectivity index is 1.76. The lowest BCUT2D eigenvalue weighted by molar-refractivity contribution is -0.127. The first-order chi connectivity index (χ1) is 7.83. The maximum absolute atomic E-state index is 11.6. The van der Waals surface area contributed by atoms with E-state index in [9.17, 15) is 4.79 Å². The number of fused-ring (bicyclic) bond motifs is 2. The molecule has 2 fully saturated rings. The van der Waals surface area contributed by atoms with Gasteiger partial charge in [0.1, 0.15) is 5.78 Å². The number of nitrogens with zero attached hydrogens (tertiary/aromatic N) is 1. The van der Waals surface area contributed by atoms with Crippen LogP contribution in [0.5, 0.6) is 0 Å². The molecule has 0 amide bonds. The van der Waals surface area contributed by atoms with Gasteiger partial charge in [0.2, 0.25) is 0 Å². The fraction of sp³-hybridized carbons (Fsp3) is 0.615. The third-order valence-electron chi connectivity index (χ3n) is 3.88. The first-order valence-corrected chi connectivity index (χ1v) is 7.06.